The van der Waals surface area contributed by atoms with E-state index in [1.54, 1.807) is 49.4 Å². The van der Waals surface area contributed by atoms with Gasteiger partial charge in [-0.15, -0.1) is 0 Å². The summed E-state index contributed by atoms with van der Waals surface area (Å²) in [5.41, 5.74) is 0.511. The van der Waals surface area contributed by atoms with E-state index in [1.165, 1.54) is 19.2 Å². The van der Waals surface area contributed by atoms with E-state index in [-0.39, 0.29) is 74.4 Å². The van der Waals surface area contributed by atoms with Crippen LogP contribution < -0.4 is 44.7 Å². The predicted molar refractivity (Wildman–Crippen MR) is 144 cm³/mol. The number of nitrogens with one attached hydrogen (secondary N) is 1. The molecule has 1 amide bonds. The van der Waals surface area contributed by atoms with Crippen LogP contribution in [0.25, 0.3) is 10.8 Å². The molecular weight excluding hydrogens is 576 g/mol. The minimum atomic E-state index is -4.55. The third-order valence-electron chi connectivity index (χ3n) is 5.71. The fourth-order valence-electron chi connectivity index (χ4n) is 3.90. The summed E-state index contributed by atoms with van der Waals surface area (Å²) in [7, 11) is -3.14. The van der Waals surface area contributed by atoms with E-state index >= 15 is 0 Å². The van der Waals surface area contributed by atoms with Crippen molar-refractivity contribution >= 4 is 67.1 Å². The average molecular weight is 596 g/mol. The number of ether oxygens (including phenoxy) is 1. The van der Waals surface area contributed by atoms with E-state index in [0.29, 0.717) is 16.3 Å². The Hall–Kier alpha value is -2.70. The summed E-state index contributed by atoms with van der Waals surface area (Å²) in [6.07, 6.45) is 0.269. The normalized spacial score (nSPS) is 11.4. The van der Waals surface area contributed by atoms with Gasteiger partial charge in [-0.05, 0) is 47.7 Å². The molecule has 39 heavy (non-hydrogen) atoms. The number of benzene rings is 4. The van der Waals surface area contributed by atoms with Crippen molar-refractivity contribution in [1.29, 1.82) is 0 Å². The first-order valence-corrected chi connectivity index (χ1v) is 13.3. The summed E-state index contributed by atoms with van der Waals surface area (Å²) in [4.78, 5) is 12.7. The molecule has 4 aromatic carbocycles. The largest absolute Gasteiger partial charge is 1.00 e. The number of amides is 1. The number of fused-ring (bicyclic) bond motifs is 1. The number of halogens is 2. The van der Waals surface area contributed by atoms with Gasteiger partial charge in [0.1, 0.15) is 4.90 Å². The number of nitrogens with zero attached hydrogens (tertiary/aromatic N) is 2. The molecule has 0 aromatic heterocycles. The van der Waals surface area contributed by atoms with Gasteiger partial charge >= 0.3 is 29.6 Å². The van der Waals surface area contributed by atoms with Gasteiger partial charge in [-0.1, -0.05) is 66.2 Å². The van der Waals surface area contributed by atoms with Crippen molar-refractivity contribution in [2.24, 2.45) is 10.2 Å². The second kappa shape index (κ2) is 12.6. The van der Waals surface area contributed by atoms with Crippen LogP contribution in [0, 0.1) is 0 Å². The number of carbonyl (C=O) groups excluding carboxylic acids is 1. The van der Waals surface area contributed by atoms with Gasteiger partial charge in [-0.3, -0.25) is 9.35 Å². The van der Waals surface area contributed by atoms with Gasteiger partial charge in [0, 0.05) is 10.9 Å². The van der Waals surface area contributed by atoms with Crippen molar-refractivity contribution in [3.8, 4) is 11.5 Å². The van der Waals surface area contributed by atoms with Crippen LogP contribution >= 0.6 is 23.2 Å². The topological polar surface area (TPSA) is 140 Å². The Bertz CT molecular complexity index is 1710. The zero-order chi connectivity index (χ0) is 27.6. The third-order valence-corrected chi connectivity index (χ3v) is 7.45. The maximum absolute atomic E-state index is 13.5. The summed E-state index contributed by atoms with van der Waals surface area (Å²) >= 11 is 12.4. The molecule has 9 nitrogen and oxygen atoms in total. The number of hydrogen-bond acceptors (Lipinski definition) is 7. The Labute approximate surface area is 256 Å². The summed E-state index contributed by atoms with van der Waals surface area (Å²) < 4.78 is 37.9. The zero-order valence-corrected chi connectivity index (χ0v) is 25.4. The van der Waals surface area contributed by atoms with Crippen LogP contribution in [0.3, 0.4) is 0 Å². The fourth-order valence-corrected chi connectivity index (χ4v) is 5.33. The quantitative estimate of drug-likeness (QED) is 0.189. The Balaban J connectivity index is 0.00000420. The van der Waals surface area contributed by atoms with Crippen LogP contribution in [-0.2, 0) is 16.5 Å². The Morgan fingerprint density at radius 2 is 1.79 bits per heavy atom. The molecule has 0 bridgehead atoms. The van der Waals surface area contributed by atoms with Crippen LogP contribution in [0.2, 0.25) is 10.0 Å². The standard InChI is InChI=1S/C26H21Cl2N3O6S.Na/c1-3-15-19(11-12-21(22(15)28)38(34,35)36)30-31-23-16-8-5-4-7-14(16)13-17(24(23)32)26(33)29-20-10-6-9-18(27)25(20)37-2;/h4-13,32H,3H2,1-2H3,(H,29,33)(H,34,35,36);/q;+1/p-1. The number of methoxy groups -OCH3 is 1. The van der Waals surface area contributed by atoms with Gasteiger partial charge in [0.25, 0.3) is 16.0 Å². The van der Waals surface area contributed by atoms with Crippen molar-refractivity contribution in [3.63, 3.8) is 0 Å². The average Bonchev–Trinajstić information content (AvgIpc) is 2.87. The number of rotatable bonds is 7. The molecule has 0 spiro atoms. The number of carbonyl (C=O) groups is 1. The molecule has 13 heteroatoms. The van der Waals surface area contributed by atoms with E-state index in [2.05, 4.69) is 15.5 Å². The maximum Gasteiger partial charge on any atom is 1.00 e. The van der Waals surface area contributed by atoms with Crippen LogP contribution in [0.1, 0.15) is 22.8 Å². The van der Waals surface area contributed by atoms with Crippen molar-refractivity contribution in [3.05, 3.63) is 81.8 Å². The molecular formula is C26H20Cl2N3NaO6S. The molecule has 0 heterocycles. The van der Waals surface area contributed by atoms with Gasteiger partial charge in [-0.2, -0.15) is 18.6 Å². The van der Waals surface area contributed by atoms with E-state index in [9.17, 15) is 22.9 Å². The van der Waals surface area contributed by atoms with Gasteiger partial charge in [0.05, 0.1) is 34.2 Å². The second-order valence-electron chi connectivity index (χ2n) is 8.00. The van der Waals surface area contributed by atoms with Gasteiger partial charge in [0.15, 0.2) is 5.75 Å². The van der Waals surface area contributed by atoms with Gasteiger partial charge in [-0.25, -0.2) is 0 Å². The molecule has 0 aliphatic rings. The molecule has 0 saturated carbocycles. The Morgan fingerprint density at radius 3 is 2.46 bits per heavy atom. The monoisotopic (exact) mass is 595 g/mol. The van der Waals surface area contributed by atoms with E-state index < -0.39 is 26.7 Å². The van der Waals surface area contributed by atoms with Crippen molar-refractivity contribution < 1.29 is 57.2 Å². The summed E-state index contributed by atoms with van der Waals surface area (Å²) in [6.45, 7) is 1.72. The fraction of sp³-hybridized carbons (Fsp3) is 0.115. The van der Waals surface area contributed by atoms with E-state index in [1.807, 2.05) is 0 Å². The van der Waals surface area contributed by atoms with Gasteiger partial charge in [0.2, 0.25) is 0 Å². The number of hydrogen-bond donors (Lipinski definition) is 2. The first-order valence-electron chi connectivity index (χ1n) is 11.1. The smallest absolute Gasteiger partial charge is 0.870 e. The SMILES string of the molecule is CCc1c(N=Nc2c([O-])c(C(=O)Nc3cccc(Cl)c3OC)cc3ccccc23)ccc(S(=O)(=O)O)c1Cl.[Na+]. The maximum atomic E-state index is 13.5. The molecule has 196 valence electrons. The Kier molecular flexibility index (Phi) is 10.0. The molecule has 0 atom stereocenters. The summed E-state index contributed by atoms with van der Waals surface area (Å²) in [5.74, 6) is -1.13. The molecule has 0 fully saturated rings. The number of anilines is 1. The molecule has 0 aliphatic heterocycles. The molecule has 0 aliphatic carbocycles. The van der Waals surface area contributed by atoms with Crippen LogP contribution in [0.5, 0.6) is 11.5 Å². The Morgan fingerprint density at radius 1 is 1.08 bits per heavy atom. The summed E-state index contributed by atoms with van der Waals surface area (Å²) in [5, 5.41) is 25.5. The molecule has 4 aromatic rings. The number of azo groups is 1. The molecule has 4 rings (SSSR count). The minimum absolute atomic E-state index is 0. The van der Waals surface area contributed by atoms with Gasteiger partial charge < -0.3 is 15.2 Å². The van der Waals surface area contributed by atoms with Crippen molar-refractivity contribution in [2.75, 3.05) is 12.4 Å². The van der Waals surface area contributed by atoms with Crippen molar-refractivity contribution in [1.82, 2.24) is 0 Å². The molecule has 0 radical (unpaired) electrons. The van der Waals surface area contributed by atoms with Crippen LogP contribution in [0.15, 0.2) is 75.8 Å². The third kappa shape index (κ3) is 6.38. The minimum Gasteiger partial charge on any atom is -0.870 e. The first-order chi connectivity index (χ1) is 18.1. The zero-order valence-electron chi connectivity index (χ0n) is 21.0. The summed E-state index contributed by atoms with van der Waals surface area (Å²) in [6, 6.07) is 15.5. The predicted octanol–water partition coefficient (Wildman–Crippen LogP) is 3.71. The van der Waals surface area contributed by atoms with E-state index in [4.69, 9.17) is 27.9 Å². The van der Waals surface area contributed by atoms with Crippen LogP contribution in [0.4, 0.5) is 17.1 Å². The molecule has 0 saturated heterocycles. The number of para-hydroxylation sites is 1. The van der Waals surface area contributed by atoms with Crippen molar-refractivity contribution in [2.45, 2.75) is 18.2 Å². The first kappa shape index (κ1) is 30.8. The molecule has 0 unspecified atom stereocenters. The van der Waals surface area contributed by atoms with E-state index in [0.717, 1.165) is 6.07 Å². The van der Waals surface area contributed by atoms with Crippen LogP contribution in [-0.4, -0.2) is 26.0 Å². The second-order valence-corrected chi connectivity index (χ2v) is 10.2. The molecule has 2 N–H and O–H groups in total.